The van der Waals surface area contributed by atoms with Gasteiger partial charge in [-0.3, -0.25) is 19.6 Å². The number of phenolic OH excluding ortho intramolecular Hbond substituents is 1. The zero-order valence-electron chi connectivity index (χ0n) is 37.1. The predicted octanol–water partition coefficient (Wildman–Crippen LogP) is 5.41. The van der Waals surface area contributed by atoms with Gasteiger partial charge in [0.2, 0.25) is 33.7 Å². The number of phenols is 1. The number of hydrogen-bond donors (Lipinski definition) is 6. The average molecular weight is 926 g/mol. The maximum atomic E-state index is 11.9. The van der Waals surface area contributed by atoms with Crippen LogP contribution in [-0.4, -0.2) is 87.5 Å². The highest BCUT2D eigenvalue weighted by Crippen LogP contribution is 2.35. The summed E-state index contributed by atoms with van der Waals surface area (Å²) in [5.41, 5.74) is 24.0. The van der Waals surface area contributed by atoms with Crippen LogP contribution >= 0.6 is 0 Å². The number of hydrogen-bond acceptors (Lipinski definition) is 15. The van der Waals surface area contributed by atoms with Gasteiger partial charge in [-0.15, -0.1) is 10.2 Å². The van der Waals surface area contributed by atoms with Crippen molar-refractivity contribution in [3.8, 4) is 44.9 Å². The number of aromatic hydroxyl groups is 1. The number of carbonyl (C=O) groups is 2. The summed E-state index contributed by atoms with van der Waals surface area (Å²) in [6.07, 6.45) is 8.25. The fourth-order valence-corrected chi connectivity index (χ4v) is 7.43. The highest BCUT2D eigenvalue weighted by molar-refractivity contribution is 7.92. The molecule has 9 aromatic rings. The van der Waals surface area contributed by atoms with Gasteiger partial charge in [0.15, 0.2) is 34.3 Å². The molecule has 21 nitrogen and oxygen atoms in total. The Morgan fingerprint density at radius 1 is 0.731 bits per heavy atom. The number of primary amides is 1. The maximum Gasteiger partial charge on any atom is 0.249 e. The van der Waals surface area contributed by atoms with Gasteiger partial charge in [-0.2, -0.15) is 15.1 Å². The van der Waals surface area contributed by atoms with Gasteiger partial charge in [0.1, 0.15) is 11.7 Å². The molecule has 2 aromatic carbocycles. The lowest BCUT2D eigenvalue weighted by Crippen LogP contribution is -2.32. The molecular formula is C45H47N15O6S. The van der Waals surface area contributed by atoms with Gasteiger partial charge in [-0.25, -0.2) is 31.9 Å². The number of sulfonamides is 1. The number of nitrogens with one attached hydrogen (secondary N) is 2. The van der Waals surface area contributed by atoms with Crippen LogP contribution in [-0.2, 0) is 19.6 Å². The van der Waals surface area contributed by atoms with Gasteiger partial charge in [0.25, 0.3) is 0 Å². The lowest BCUT2D eigenvalue weighted by molar-refractivity contribution is -0.121. The molecule has 0 fully saturated rings. The molecule has 2 amide bonds. The van der Waals surface area contributed by atoms with Crippen LogP contribution in [0, 0.1) is 5.41 Å². The van der Waals surface area contributed by atoms with Crippen molar-refractivity contribution in [3.63, 3.8) is 0 Å². The van der Waals surface area contributed by atoms with Gasteiger partial charge in [0, 0.05) is 59.7 Å². The highest BCUT2D eigenvalue weighted by Gasteiger charge is 2.34. The van der Waals surface area contributed by atoms with E-state index in [1.54, 1.807) is 74.5 Å². The minimum absolute atomic E-state index is 0.0786. The van der Waals surface area contributed by atoms with Crippen LogP contribution in [0.5, 0.6) is 11.5 Å². The smallest absolute Gasteiger partial charge is 0.249 e. The first-order valence-corrected chi connectivity index (χ1v) is 22.2. The van der Waals surface area contributed by atoms with Crippen molar-refractivity contribution in [2.45, 2.75) is 33.6 Å². The number of nitrogens with zero attached hydrogens (tertiary/aromatic N) is 10. The molecule has 0 saturated heterocycles. The Hall–Kier alpha value is -8.66. The lowest BCUT2D eigenvalue weighted by atomic mass is 9.80. The lowest BCUT2D eigenvalue weighted by Gasteiger charge is -2.25. The number of aromatic nitrogens is 10. The number of pyridine rings is 4. The van der Waals surface area contributed by atoms with E-state index in [2.05, 4.69) is 45.3 Å². The number of nitrogens with two attached hydrogens (primary N) is 3. The molecule has 0 aliphatic rings. The molecule has 0 aliphatic carbocycles. The second-order valence-corrected chi connectivity index (χ2v) is 18.0. The molecule has 7 aromatic heterocycles. The molecule has 0 bridgehead atoms. The zero-order chi connectivity index (χ0) is 48.2. The summed E-state index contributed by atoms with van der Waals surface area (Å²) in [5.74, 6) is 0.593. The van der Waals surface area contributed by atoms with E-state index in [0.717, 1.165) is 45.3 Å². The summed E-state index contributed by atoms with van der Waals surface area (Å²) >= 11 is 0. The van der Waals surface area contributed by atoms with E-state index in [0.29, 0.717) is 34.4 Å². The van der Waals surface area contributed by atoms with Crippen molar-refractivity contribution >= 4 is 62.2 Å². The van der Waals surface area contributed by atoms with Crippen molar-refractivity contribution in [1.29, 1.82) is 0 Å². The van der Waals surface area contributed by atoms with Crippen LogP contribution in [0.4, 0.5) is 23.4 Å². The summed E-state index contributed by atoms with van der Waals surface area (Å²) in [4.78, 5) is 39.7. The molecule has 344 valence electrons. The molecule has 67 heavy (non-hydrogen) atoms. The molecule has 0 radical (unpaired) electrons. The third kappa shape index (κ3) is 11.4. The van der Waals surface area contributed by atoms with Crippen LogP contribution in [0.2, 0.25) is 0 Å². The fourth-order valence-electron chi connectivity index (χ4n) is 6.88. The van der Waals surface area contributed by atoms with Crippen molar-refractivity contribution in [3.05, 3.63) is 122 Å². The Kier molecular flexibility index (Phi) is 13.0. The Morgan fingerprint density at radius 3 is 1.88 bits per heavy atom. The molecule has 0 saturated carbocycles. The standard InChI is InChI=1S/C19H22N4O3.C15H15N5O3S.C11H10N6/c1-19(2,3)16(17(20)25)18-21-15-8-6-12(10-23(15)22-18)11-5-7-13(24)14(9-11)26-4;1-10(21)16-15-17-14-7-6-12(9-20(14)18-15)11-4-3-5-13(8-11)19-24(2,22)23;12-9-3-1-7(5-14-9)8-2-4-10-15-11(13)16-17(10)6-8/h5-10,16,24H,1-4H3,(H2,20,25);3-9,19H,1-2H3,(H,16,18,21);1-6H,(H2,12,14)(H2,13,16). The molecule has 9 N–H and O–H groups in total. The fraction of sp³-hybridized carbons (Fsp3) is 0.178. The molecule has 9 rings (SSSR count). The van der Waals surface area contributed by atoms with E-state index < -0.39 is 21.8 Å². The zero-order valence-corrected chi connectivity index (χ0v) is 38.0. The number of carbonyl (C=O) groups excluding carboxylic acids is 2. The Balaban J connectivity index is 0.000000152. The van der Waals surface area contributed by atoms with E-state index in [4.69, 9.17) is 21.9 Å². The second-order valence-electron chi connectivity index (χ2n) is 16.2. The van der Waals surface area contributed by atoms with E-state index in [1.165, 1.54) is 14.0 Å². The second kappa shape index (κ2) is 18.8. The number of anilines is 4. The number of rotatable bonds is 9. The van der Waals surface area contributed by atoms with Crippen molar-refractivity contribution < 1.29 is 27.9 Å². The Morgan fingerprint density at radius 2 is 1.30 bits per heavy atom. The molecule has 1 atom stereocenters. The Labute approximate surface area is 383 Å². The van der Waals surface area contributed by atoms with Crippen LogP contribution in [0.1, 0.15) is 39.4 Å². The van der Waals surface area contributed by atoms with Crippen molar-refractivity contribution in [1.82, 2.24) is 48.8 Å². The number of nitrogen functional groups attached to an aromatic ring is 2. The van der Waals surface area contributed by atoms with Crippen LogP contribution in [0.3, 0.4) is 0 Å². The predicted molar refractivity (Wildman–Crippen MR) is 254 cm³/mol. The topological polar surface area (TPSA) is 303 Å². The molecule has 7 heterocycles. The van der Waals surface area contributed by atoms with E-state index in [-0.39, 0.29) is 29.0 Å². The number of benzene rings is 2. The number of ether oxygens (including phenoxy) is 1. The quantitative estimate of drug-likeness (QED) is 0.105. The molecule has 0 aliphatic heterocycles. The largest absolute Gasteiger partial charge is 0.504 e. The number of amides is 2. The SMILES string of the molecule is CC(=O)Nc1nc2ccc(-c3cccc(NS(C)(=O)=O)c3)cn2n1.COc1cc(-c2ccc3nc(C(C(N)=O)C(C)(C)C)nn3c2)ccc1O.Nc1ccc(-c2ccc3nc(N)nn3c2)cn1. The first-order chi connectivity index (χ1) is 31.7. The summed E-state index contributed by atoms with van der Waals surface area (Å²) in [5, 5.41) is 25.0. The summed E-state index contributed by atoms with van der Waals surface area (Å²) in [6, 6.07) is 26.9. The van der Waals surface area contributed by atoms with Crippen LogP contribution in [0.25, 0.3) is 50.3 Å². The summed E-state index contributed by atoms with van der Waals surface area (Å²) in [6.45, 7) is 7.18. The van der Waals surface area contributed by atoms with Crippen LogP contribution < -0.4 is 32.0 Å². The van der Waals surface area contributed by atoms with Gasteiger partial charge in [0.05, 0.1) is 13.4 Å². The van der Waals surface area contributed by atoms with Gasteiger partial charge in [-0.05, 0) is 89.3 Å². The minimum atomic E-state index is -3.34. The third-order valence-electron chi connectivity index (χ3n) is 9.85. The number of fused-ring (bicyclic) bond motifs is 3. The minimum Gasteiger partial charge on any atom is -0.504 e. The van der Waals surface area contributed by atoms with Crippen molar-refractivity contribution in [2.75, 3.05) is 34.9 Å². The molecule has 22 heteroatoms. The molecule has 0 spiro atoms. The molecule has 1 unspecified atom stereocenters. The van der Waals surface area contributed by atoms with E-state index >= 15 is 0 Å². The average Bonchev–Trinajstić information content (AvgIpc) is 3.97. The van der Waals surface area contributed by atoms with Gasteiger partial charge < -0.3 is 27.0 Å². The monoisotopic (exact) mass is 925 g/mol. The molecular weight excluding hydrogens is 879 g/mol. The number of methoxy groups -OCH3 is 1. The summed E-state index contributed by atoms with van der Waals surface area (Å²) < 4.78 is 35.1. The van der Waals surface area contributed by atoms with Gasteiger partial charge >= 0.3 is 0 Å². The first kappa shape index (κ1) is 46.3. The van der Waals surface area contributed by atoms with Crippen molar-refractivity contribution in [2.24, 2.45) is 11.1 Å². The van der Waals surface area contributed by atoms with Crippen LogP contribution in [0.15, 0.2) is 116 Å². The normalized spacial score (nSPS) is 11.9. The van der Waals surface area contributed by atoms with E-state index in [1.807, 2.05) is 75.6 Å². The maximum absolute atomic E-state index is 11.9. The highest BCUT2D eigenvalue weighted by atomic mass is 32.2. The Bertz CT molecular complexity index is 3380. The van der Waals surface area contributed by atoms with Gasteiger partial charge in [-0.1, -0.05) is 39.0 Å². The summed E-state index contributed by atoms with van der Waals surface area (Å²) in [7, 11) is -1.83. The third-order valence-corrected chi connectivity index (χ3v) is 10.5. The van der Waals surface area contributed by atoms with E-state index in [9.17, 15) is 23.1 Å². The first-order valence-electron chi connectivity index (χ1n) is 20.3.